The molecule has 1 amide bonds. The highest BCUT2D eigenvalue weighted by molar-refractivity contribution is 6.30. The molecule has 4 aromatic rings. The van der Waals surface area contributed by atoms with E-state index in [1.54, 1.807) is 42.5 Å². The minimum atomic E-state index is -0.479. The molecule has 190 valence electrons. The van der Waals surface area contributed by atoms with Gasteiger partial charge in [0.2, 0.25) is 0 Å². The second-order valence-corrected chi connectivity index (χ2v) is 9.36. The molecular formula is C27H24Cl2FN5O2. The van der Waals surface area contributed by atoms with Gasteiger partial charge in [-0.05, 0) is 48.5 Å². The van der Waals surface area contributed by atoms with Crippen molar-refractivity contribution in [1.82, 2.24) is 20.2 Å². The van der Waals surface area contributed by atoms with Gasteiger partial charge in [0.05, 0.1) is 7.11 Å². The fourth-order valence-electron chi connectivity index (χ4n) is 4.33. The molecule has 5 rings (SSSR count). The summed E-state index contributed by atoms with van der Waals surface area (Å²) in [6.07, 6.45) is 0. The first-order valence-electron chi connectivity index (χ1n) is 11.7. The number of hydrogen-bond acceptors (Lipinski definition) is 5. The molecule has 7 nitrogen and oxygen atoms in total. The Bertz CT molecular complexity index is 1400. The van der Waals surface area contributed by atoms with Gasteiger partial charge in [0.25, 0.3) is 5.91 Å². The van der Waals surface area contributed by atoms with Crippen LogP contribution in [0.2, 0.25) is 10.0 Å². The zero-order valence-electron chi connectivity index (χ0n) is 20.0. The van der Waals surface area contributed by atoms with Gasteiger partial charge in [-0.25, -0.2) is 14.1 Å². The third kappa shape index (κ3) is 5.27. The summed E-state index contributed by atoms with van der Waals surface area (Å²) < 4.78 is 21.9. The number of aromatic nitrogens is 2. The zero-order chi connectivity index (χ0) is 25.9. The van der Waals surface area contributed by atoms with Crippen LogP contribution in [-0.4, -0.2) is 54.0 Å². The number of amides is 1. The Kier molecular flexibility index (Phi) is 7.32. The lowest BCUT2D eigenvalue weighted by Gasteiger charge is -2.35. The van der Waals surface area contributed by atoms with Crippen LogP contribution in [0.1, 0.15) is 10.5 Å². The third-order valence-electron chi connectivity index (χ3n) is 6.19. The monoisotopic (exact) mass is 539 g/mol. The summed E-state index contributed by atoms with van der Waals surface area (Å²) in [5, 5.41) is 7.59. The molecule has 1 aromatic heterocycles. The van der Waals surface area contributed by atoms with Crippen molar-refractivity contribution in [3.05, 3.63) is 94.4 Å². The summed E-state index contributed by atoms with van der Waals surface area (Å²) in [6.45, 7) is 2.65. The molecule has 10 heteroatoms. The molecule has 1 N–H and O–H groups in total. The highest BCUT2D eigenvalue weighted by Crippen LogP contribution is 2.36. The van der Waals surface area contributed by atoms with Gasteiger partial charge in [0.1, 0.15) is 17.2 Å². The van der Waals surface area contributed by atoms with Gasteiger partial charge in [-0.15, -0.1) is 0 Å². The van der Waals surface area contributed by atoms with Crippen molar-refractivity contribution in [3.8, 4) is 22.7 Å². The summed E-state index contributed by atoms with van der Waals surface area (Å²) in [4.78, 5) is 15.6. The van der Waals surface area contributed by atoms with E-state index in [1.165, 1.54) is 17.9 Å². The van der Waals surface area contributed by atoms with Crippen molar-refractivity contribution >= 4 is 34.8 Å². The summed E-state index contributed by atoms with van der Waals surface area (Å²) in [5.41, 5.74) is 5.38. The van der Waals surface area contributed by atoms with Gasteiger partial charge < -0.3 is 9.64 Å². The van der Waals surface area contributed by atoms with E-state index in [2.05, 4.69) is 15.4 Å². The van der Waals surface area contributed by atoms with E-state index in [0.717, 1.165) is 18.8 Å². The van der Waals surface area contributed by atoms with Gasteiger partial charge in [-0.3, -0.25) is 10.2 Å². The number of nitrogens with zero attached hydrogens (tertiary/aromatic N) is 4. The van der Waals surface area contributed by atoms with Gasteiger partial charge in [-0.1, -0.05) is 47.5 Å². The number of hydrogen-bond donors (Lipinski definition) is 1. The van der Waals surface area contributed by atoms with E-state index in [0.29, 0.717) is 34.4 Å². The van der Waals surface area contributed by atoms with Crippen molar-refractivity contribution in [2.24, 2.45) is 0 Å². The molecule has 0 radical (unpaired) electrons. The molecule has 1 aliphatic rings. The molecule has 37 heavy (non-hydrogen) atoms. The maximum atomic E-state index is 14.8. The molecule has 0 unspecified atom stereocenters. The second kappa shape index (κ2) is 10.8. The van der Waals surface area contributed by atoms with Gasteiger partial charge >= 0.3 is 0 Å². The zero-order valence-corrected chi connectivity index (χ0v) is 21.5. The summed E-state index contributed by atoms with van der Waals surface area (Å²) in [7, 11) is 1.46. The van der Waals surface area contributed by atoms with Gasteiger partial charge in [0.15, 0.2) is 11.4 Å². The Hall–Kier alpha value is -3.59. The Labute approximate surface area is 223 Å². The van der Waals surface area contributed by atoms with Gasteiger partial charge in [-0.2, -0.15) is 5.10 Å². The minimum absolute atomic E-state index is 0.0517. The standard InChI is InChI=1S/C27H24Cl2FN5O2/c1-37-26-24(27(36)32-34-16-14-33(15-17-34)21-12-10-20(29)11-13-21)31-35(23-5-3-2-4-22(23)30)25(26)18-6-8-19(28)9-7-18/h2-13H,14-17H2,1H3,(H,32,36). The van der Waals surface area contributed by atoms with E-state index >= 15 is 0 Å². The summed E-state index contributed by atoms with van der Waals surface area (Å²) in [5.74, 6) is -0.682. The highest BCUT2D eigenvalue weighted by atomic mass is 35.5. The Balaban J connectivity index is 1.42. The fourth-order valence-corrected chi connectivity index (χ4v) is 4.58. The number of anilines is 1. The lowest BCUT2D eigenvalue weighted by molar-refractivity contribution is 0.0768. The highest BCUT2D eigenvalue weighted by Gasteiger charge is 2.29. The lowest BCUT2D eigenvalue weighted by atomic mass is 10.1. The number of carbonyl (C=O) groups is 1. The predicted octanol–water partition coefficient (Wildman–Crippen LogP) is 5.46. The summed E-state index contributed by atoms with van der Waals surface area (Å²) >= 11 is 12.1. The molecule has 0 spiro atoms. The van der Waals surface area contributed by atoms with E-state index in [1.807, 2.05) is 29.3 Å². The van der Waals surface area contributed by atoms with Crippen LogP contribution >= 0.6 is 23.2 Å². The quantitative estimate of drug-likeness (QED) is 0.352. The molecule has 2 heterocycles. The van der Waals surface area contributed by atoms with Crippen LogP contribution in [0.3, 0.4) is 0 Å². The third-order valence-corrected chi connectivity index (χ3v) is 6.69. The number of halogens is 3. The number of hydrazine groups is 1. The number of benzene rings is 3. The molecule has 3 aromatic carbocycles. The van der Waals surface area contributed by atoms with E-state index in [9.17, 15) is 9.18 Å². The van der Waals surface area contributed by atoms with Crippen LogP contribution < -0.4 is 15.1 Å². The smallest absolute Gasteiger partial charge is 0.289 e. The number of carbonyl (C=O) groups excluding carboxylic acids is 1. The van der Waals surface area contributed by atoms with Crippen LogP contribution in [0, 0.1) is 5.82 Å². The normalized spacial score (nSPS) is 14.0. The first-order valence-corrected chi connectivity index (χ1v) is 12.4. The first kappa shape index (κ1) is 25.1. The molecule has 0 aliphatic carbocycles. The number of ether oxygens (including phenoxy) is 1. The molecular weight excluding hydrogens is 516 g/mol. The number of piperazine rings is 1. The Morgan fingerprint density at radius 2 is 1.54 bits per heavy atom. The number of methoxy groups -OCH3 is 1. The van der Waals surface area contributed by atoms with Crippen LogP contribution in [0.25, 0.3) is 16.9 Å². The molecule has 1 aliphatic heterocycles. The molecule has 0 atom stereocenters. The van der Waals surface area contributed by atoms with Crippen molar-refractivity contribution in [3.63, 3.8) is 0 Å². The maximum absolute atomic E-state index is 14.8. The average molecular weight is 540 g/mol. The largest absolute Gasteiger partial charge is 0.492 e. The molecule has 0 saturated carbocycles. The van der Waals surface area contributed by atoms with Crippen molar-refractivity contribution in [2.45, 2.75) is 0 Å². The van der Waals surface area contributed by atoms with Crippen LogP contribution in [0.5, 0.6) is 5.75 Å². The average Bonchev–Trinajstić information content (AvgIpc) is 3.30. The first-order chi connectivity index (χ1) is 17.9. The number of para-hydroxylation sites is 1. The topological polar surface area (TPSA) is 62.6 Å². The van der Waals surface area contributed by atoms with Gasteiger partial charge in [0, 0.05) is 47.5 Å². The maximum Gasteiger partial charge on any atom is 0.289 e. The Morgan fingerprint density at radius 3 is 2.16 bits per heavy atom. The van der Waals surface area contributed by atoms with Crippen molar-refractivity contribution in [2.75, 3.05) is 38.2 Å². The van der Waals surface area contributed by atoms with Crippen molar-refractivity contribution in [1.29, 1.82) is 0 Å². The van der Waals surface area contributed by atoms with E-state index < -0.39 is 11.7 Å². The lowest BCUT2D eigenvalue weighted by Crippen LogP contribution is -2.53. The number of nitrogens with one attached hydrogen (secondary N) is 1. The molecule has 1 fully saturated rings. The molecule has 0 bridgehead atoms. The van der Waals surface area contributed by atoms with Crippen LogP contribution in [-0.2, 0) is 0 Å². The minimum Gasteiger partial charge on any atom is -0.492 e. The Morgan fingerprint density at radius 1 is 0.919 bits per heavy atom. The van der Waals surface area contributed by atoms with E-state index in [4.69, 9.17) is 27.9 Å². The SMILES string of the molecule is COc1c(C(=O)NN2CCN(c3ccc(Cl)cc3)CC2)nn(-c2ccccc2F)c1-c1ccc(Cl)cc1. The number of rotatable bonds is 6. The van der Waals surface area contributed by atoms with E-state index in [-0.39, 0.29) is 17.1 Å². The summed E-state index contributed by atoms with van der Waals surface area (Å²) in [6, 6.07) is 20.9. The van der Waals surface area contributed by atoms with Crippen LogP contribution in [0.15, 0.2) is 72.8 Å². The predicted molar refractivity (Wildman–Crippen MR) is 143 cm³/mol. The van der Waals surface area contributed by atoms with Crippen LogP contribution in [0.4, 0.5) is 10.1 Å². The van der Waals surface area contributed by atoms with Crippen molar-refractivity contribution < 1.29 is 13.9 Å². The fraction of sp³-hybridized carbons (Fsp3) is 0.185. The molecule has 1 saturated heterocycles. The second-order valence-electron chi connectivity index (χ2n) is 8.49.